The molecule has 1 heterocycles. The number of anilines is 2. The molecule has 1 N–H and O–H groups in total. The first-order chi connectivity index (χ1) is 15.0. The van der Waals surface area contributed by atoms with Gasteiger partial charge in [0.25, 0.3) is 5.91 Å². The van der Waals surface area contributed by atoms with E-state index in [-0.39, 0.29) is 17.8 Å². The fourth-order valence-corrected chi connectivity index (χ4v) is 3.53. The minimum absolute atomic E-state index is 0.141. The predicted octanol–water partition coefficient (Wildman–Crippen LogP) is 5.05. The fourth-order valence-electron chi connectivity index (χ4n) is 3.53. The van der Waals surface area contributed by atoms with Crippen LogP contribution >= 0.6 is 0 Å². The lowest BCUT2D eigenvalue weighted by molar-refractivity contribution is 0.102. The second-order valence-corrected chi connectivity index (χ2v) is 7.35. The molecule has 7 heteroatoms. The van der Waals surface area contributed by atoms with E-state index in [1.165, 1.54) is 36.4 Å². The molecule has 0 bridgehead atoms. The van der Waals surface area contributed by atoms with Gasteiger partial charge >= 0.3 is 6.03 Å². The van der Waals surface area contributed by atoms with Crippen LogP contribution in [-0.4, -0.2) is 29.9 Å². The Balaban J connectivity index is 1.47. The molecule has 31 heavy (non-hydrogen) atoms. The van der Waals surface area contributed by atoms with Gasteiger partial charge in [-0.05, 0) is 66.6 Å². The highest BCUT2D eigenvalue weighted by atomic mass is 19.1. The van der Waals surface area contributed by atoms with Crippen molar-refractivity contribution >= 4 is 23.3 Å². The molecule has 1 fully saturated rings. The van der Waals surface area contributed by atoms with Crippen LogP contribution in [0.25, 0.3) is 0 Å². The molecule has 0 spiro atoms. The quantitative estimate of drug-likeness (QED) is 0.627. The first-order valence-electron chi connectivity index (χ1n) is 9.97. The average Bonchev–Trinajstić information content (AvgIpc) is 2.77. The zero-order chi connectivity index (χ0) is 21.8. The molecule has 1 aliphatic heterocycles. The van der Waals surface area contributed by atoms with E-state index in [4.69, 9.17) is 0 Å². The Bertz CT molecular complexity index is 1080. The number of rotatable bonds is 5. The van der Waals surface area contributed by atoms with Crippen molar-refractivity contribution in [3.05, 3.63) is 95.6 Å². The van der Waals surface area contributed by atoms with E-state index in [2.05, 4.69) is 5.32 Å². The zero-order valence-electron chi connectivity index (χ0n) is 16.7. The topological polar surface area (TPSA) is 52.7 Å². The second-order valence-electron chi connectivity index (χ2n) is 7.35. The summed E-state index contributed by atoms with van der Waals surface area (Å²) in [7, 11) is 0. The van der Waals surface area contributed by atoms with Crippen LogP contribution in [0.1, 0.15) is 22.3 Å². The Labute approximate surface area is 178 Å². The molecule has 0 atom stereocenters. The Kier molecular flexibility index (Phi) is 5.93. The summed E-state index contributed by atoms with van der Waals surface area (Å²) in [6, 6.07) is 18.3. The normalized spacial score (nSPS) is 13.9. The minimum atomic E-state index is -0.410. The van der Waals surface area contributed by atoms with Crippen LogP contribution in [0.5, 0.6) is 0 Å². The molecule has 5 nitrogen and oxygen atoms in total. The van der Waals surface area contributed by atoms with Gasteiger partial charge in [0.05, 0.1) is 0 Å². The molecule has 3 aromatic rings. The van der Waals surface area contributed by atoms with Crippen molar-refractivity contribution in [1.82, 2.24) is 4.90 Å². The lowest BCUT2D eigenvalue weighted by atomic mass is 10.1. The van der Waals surface area contributed by atoms with Crippen LogP contribution in [-0.2, 0) is 6.54 Å². The van der Waals surface area contributed by atoms with Crippen LogP contribution in [0.4, 0.5) is 25.0 Å². The van der Waals surface area contributed by atoms with Crippen LogP contribution in [0.2, 0.25) is 0 Å². The largest absolute Gasteiger partial charge is 0.324 e. The van der Waals surface area contributed by atoms with E-state index < -0.39 is 5.82 Å². The standard InChI is InChI=1S/C24H21F2N3O2/c25-19-9-5-17(6-10-19)16-28-13-2-14-29(24(28)31)22-4-1-3-21(15-22)27-23(30)18-7-11-20(26)12-8-18/h1,3-12,15H,2,13-14,16H2,(H,27,30). The number of carbonyl (C=O) groups excluding carboxylic acids is 2. The number of benzene rings is 3. The van der Waals surface area contributed by atoms with Gasteiger partial charge in [0.15, 0.2) is 0 Å². The maximum atomic E-state index is 13.1. The summed E-state index contributed by atoms with van der Waals surface area (Å²) < 4.78 is 26.2. The molecule has 0 radical (unpaired) electrons. The third-order valence-electron chi connectivity index (χ3n) is 5.12. The molecule has 0 aromatic heterocycles. The van der Waals surface area contributed by atoms with Gasteiger partial charge < -0.3 is 10.2 Å². The van der Waals surface area contributed by atoms with Crippen LogP contribution in [0, 0.1) is 11.6 Å². The highest BCUT2D eigenvalue weighted by Crippen LogP contribution is 2.25. The lowest BCUT2D eigenvalue weighted by Gasteiger charge is -2.36. The maximum Gasteiger partial charge on any atom is 0.324 e. The number of hydrogen-bond donors (Lipinski definition) is 1. The molecule has 158 valence electrons. The summed E-state index contributed by atoms with van der Waals surface area (Å²) in [5, 5.41) is 2.78. The highest BCUT2D eigenvalue weighted by molar-refractivity contribution is 6.04. The molecule has 1 saturated heterocycles. The van der Waals surface area contributed by atoms with E-state index >= 15 is 0 Å². The maximum absolute atomic E-state index is 13.1. The first kappa shape index (κ1) is 20.5. The van der Waals surface area contributed by atoms with Crippen molar-refractivity contribution in [2.75, 3.05) is 23.3 Å². The SMILES string of the molecule is O=C(Nc1cccc(N2CCCN(Cc3ccc(F)cc3)C2=O)c1)c1ccc(F)cc1. The van der Waals surface area contributed by atoms with E-state index in [1.54, 1.807) is 40.1 Å². The molecule has 3 amide bonds. The van der Waals surface area contributed by atoms with Gasteiger partial charge in [-0.2, -0.15) is 0 Å². The molecule has 1 aliphatic rings. The number of nitrogens with zero attached hydrogens (tertiary/aromatic N) is 2. The van der Waals surface area contributed by atoms with E-state index in [1.807, 2.05) is 6.07 Å². The molecular weight excluding hydrogens is 400 g/mol. The van der Waals surface area contributed by atoms with Gasteiger partial charge in [0.2, 0.25) is 0 Å². The molecule has 0 aliphatic carbocycles. The Morgan fingerprint density at radius 1 is 0.903 bits per heavy atom. The van der Waals surface area contributed by atoms with Crippen molar-refractivity contribution in [3.8, 4) is 0 Å². The first-order valence-corrected chi connectivity index (χ1v) is 9.97. The second kappa shape index (κ2) is 8.95. The summed E-state index contributed by atoms with van der Waals surface area (Å²) in [5.41, 5.74) is 2.41. The Morgan fingerprint density at radius 3 is 2.29 bits per heavy atom. The molecule has 3 aromatic carbocycles. The predicted molar refractivity (Wildman–Crippen MR) is 115 cm³/mol. The van der Waals surface area contributed by atoms with Gasteiger partial charge in [-0.1, -0.05) is 18.2 Å². The lowest BCUT2D eigenvalue weighted by Crippen LogP contribution is -2.49. The third-order valence-corrected chi connectivity index (χ3v) is 5.12. The number of urea groups is 1. The van der Waals surface area contributed by atoms with Crippen molar-refractivity contribution < 1.29 is 18.4 Å². The molecular formula is C24H21F2N3O2. The number of hydrogen-bond acceptors (Lipinski definition) is 2. The molecule has 0 saturated carbocycles. The van der Waals surface area contributed by atoms with Gasteiger partial charge in [-0.3, -0.25) is 9.69 Å². The number of amides is 3. The summed E-state index contributed by atoms with van der Waals surface area (Å²) in [4.78, 5) is 28.8. The number of nitrogens with one attached hydrogen (secondary N) is 1. The van der Waals surface area contributed by atoms with E-state index in [0.717, 1.165) is 12.0 Å². The van der Waals surface area contributed by atoms with Crippen molar-refractivity contribution in [2.45, 2.75) is 13.0 Å². The van der Waals surface area contributed by atoms with Crippen molar-refractivity contribution in [1.29, 1.82) is 0 Å². The fraction of sp³-hybridized carbons (Fsp3) is 0.167. The minimum Gasteiger partial charge on any atom is -0.322 e. The molecule has 4 rings (SSSR count). The Morgan fingerprint density at radius 2 is 1.58 bits per heavy atom. The zero-order valence-corrected chi connectivity index (χ0v) is 16.7. The third kappa shape index (κ3) is 4.88. The summed E-state index contributed by atoms with van der Waals surface area (Å²) in [6.07, 6.45) is 0.791. The van der Waals surface area contributed by atoms with Crippen LogP contribution in [0.3, 0.4) is 0 Å². The average molecular weight is 421 g/mol. The highest BCUT2D eigenvalue weighted by Gasteiger charge is 2.27. The number of halogens is 2. The monoisotopic (exact) mass is 421 g/mol. The van der Waals surface area contributed by atoms with Crippen LogP contribution < -0.4 is 10.2 Å². The van der Waals surface area contributed by atoms with E-state index in [9.17, 15) is 18.4 Å². The van der Waals surface area contributed by atoms with Crippen LogP contribution in [0.15, 0.2) is 72.8 Å². The van der Waals surface area contributed by atoms with Gasteiger partial charge in [-0.15, -0.1) is 0 Å². The van der Waals surface area contributed by atoms with Crippen molar-refractivity contribution in [3.63, 3.8) is 0 Å². The number of carbonyl (C=O) groups is 2. The van der Waals surface area contributed by atoms with Crippen molar-refractivity contribution in [2.24, 2.45) is 0 Å². The summed E-state index contributed by atoms with van der Waals surface area (Å²) in [5.74, 6) is -1.08. The molecule has 0 unspecified atom stereocenters. The Hall–Kier alpha value is -3.74. The van der Waals surface area contributed by atoms with E-state index in [0.29, 0.717) is 36.6 Å². The summed E-state index contributed by atoms with van der Waals surface area (Å²) in [6.45, 7) is 1.58. The van der Waals surface area contributed by atoms with Gasteiger partial charge in [-0.25, -0.2) is 13.6 Å². The van der Waals surface area contributed by atoms with Gasteiger partial charge in [0.1, 0.15) is 11.6 Å². The smallest absolute Gasteiger partial charge is 0.322 e. The van der Waals surface area contributed by atoms with Gasteiger partial charge in [0, 0.05) is 36.6 Å². The summed E-state index contributed by atoms with van der Waals surface area (Å²) >= 11 is 0.